The third kappa shape index (κ3) is 5.76. The summed E-state index contributed by atoms with van der Waals surface area (Å²) >= 11 is 11.1. The van der Waals surface area contributed by atoms with Crippen LogP contribution in [0.3, 0.4) is 0 Å². The van der Waals surface area contributed by atoms with Crippen LogP contribution in [0.25, 0.3) is 6.08 Å². The second kappa shape index (κ2) is 12.3. The van der Waals surface area contributed by atoms with E-state index in [1.54, 1.807) is 25.5 Å². The number of hydrogen-bond donors (Lipinski definition) is 0. The molecule has 40 heavy (non-hydrogen) atoms. The summed E-state index contributed by atoms with van der Waals surface area (Å²) in [7, 11) is 1.58. The van der Waals surface area contributed by atoms with Crippen molar-refractivity contribution in [1.82, 2.24) is 4.57 Å². The van der Waals surface area contributed by atoms with Gasteiger partial charge in [-0.1, -0.05) is 41.1 Å². The van der Waals surface area contributed by atoms with E-state index in [0.29, 0.717) is 43.7 Å². The highest BCUT2D eigenvalue weighted by atomic mass is 127. The summed E-state index contributed by atoms with van der Waals surface area (Å²) in [6, 6.07) is 14.5. The number of halogens is 2. The molecule has 1 aliphatic heterocycles. The van der Waals surface area contributed by atoms with Gasteiger partial charge < -0.3 is 14.2 Å². The normalized spacial score (nSPS) is 15.0. The smallest absolute Gasteiger partial charge is 0.338 e. The molecule has 2 aromatic heterocycles. The van der Waals surface area contributed by atoms with Crippen LogP contribution in [0.4, 0.5) is 0 Å². The number of nitrogens with zero attached hydrogens (tertiary/aromatic N) is 2. The molecular formula is C29H24ClIN2O5S2. The molecule has 3 heterocycles. The monoisotopic (exact) mass is 706 g/mol. The van der Waals surface area contributed by atoms with Crippen molar-refractivity contribution in [2.75, 3.05) is 13.7 Å². The number of rotatable bonds is 8. The molecule has 0 unspecified atom stereocenters. The maximum Gasteiger partial charge on any atom is 0.338 e. The first-order valence-corrected chi connectivity index (χ1v) is 15.4. The molecule has 4 aromatic rings. The highest BCUT2D eigenvalue weighted by Crippen LogP contribution is 2.35. The fourth-order valence-corrected chi connectivity index (χ4v) is 7.27. The van der Waals surface area contributed by atoms with Crippen molar-refractivity contribution in [3.05, 3.63) is 109 Å². The molecule has 0 N–H and O–H groups in total. The first-order valence-electron chi connectivity index (χ1n) is 12.3. The second-order valence-electron chi connectivity index (χ2n) is 8.77. The predicted octanol–water partition coefficient (Wildman–Crippen LogP) is 5.71. The molecule has 0 saturated heterocycles. The molecule has 1 aliphatic rings. The van der Waals surface area contributed by atoms with Gasteiger partial charge in [0.25, 0.3) is 5.56 Å². The van der Waals surface area contributed by atoms with Gasteiger partial charge in [-0.15, -0.1) is 11.3 Å². The summed E-state index contributed by atoms with van der Waals surface area (Å²) in [5.74, 6) is 0.683. The van der Waals surface area contributed by atoms with Crippen LogP contribution < -0.4 is 24.4 Å². The number of esters is 1. The lowest BCUT2D eigenvalue weighted by molar-refractivity contribution is -0.139. The summed E-state index contributed by atoms with van der Waals surface area (Å²) in [6.07, 6.45) is 1.81. The number of allylic oxidation sites excluding steroid dienone is 1. The fraction of sp³-hybridized carbons (Fsp3) is 0.207. The zero-order chi connectivity index (χ0) is 28.4. The van der Waals surface area contributed by atoms with Gasteiger partial charge in [0.2, 0.25) is 0 Å². The van der Waals surface area contributed by atoms with Gasteiger partial charge in [0, 0.05) is 9.90 Å². The van der Waals surface area contributed by atoms with Crippen molar-refractivity contribution in [3.8, 4) is 11.5 Å². The van der Waals surface area contributed by atoms with E-state index in [2.05, 4.69) is 27.6 Å². The van der Waals surface area contributed by atoms with Gasteiger partial charge in [-0.05, 0) is 89.4 Å². The number of methoxy groups -OCH3 is 1. The molecule has 0 fully saturated rings. The van der Waals surface area contributed by atoms with Gasteiger partial charge in [-0.25, -0.2) is 9.79 Å². The van der Waals surface area contributed by atoms with Gasteiger partial charge in [0.15, 0.2) is 16.3 Å². The molecule has 206 valence electrons. The van der Waals surface area contributed by atoms with Crippen LogP contribution >= 0.6 is 56.9 Å². The number of benzene rings is 2. The Bertz CT molecular complexity index is 1790. The molecule has 1 atom stereocenters. The van der Waals surface area contributed by atoms with Crippen LogP contribution in [0, 0.1) is 3.57 Å². The van der Waals surface area contributed by atoms with Gasteiger partial charge in [0.1, 0.15) is 12.6 Å². The molecular weight excluding hydrogens is 683 g/mol. The van der Waals surface area contributed by atoms with E-state index < -0.39 is 12.0 Å². The Kier molecular flexibility index (Phi) is 8.79. The fourth-order valence-electron chi connectivity index (χ4n) is 4.40. The Morgan fingerprint density at radius 1 is 1.23 bits per heavy atom. The van der Waals surface area contributed by atoms with E-state index in [4.69, 9.17) is 25.8 Å². The topological polar surface area (TPSA) is 79.1 Å². The Labute approximate surface area is 257 Å². The Hall–Kier alpha value is -2.93. The minimum atomic E-state index is -0.602. The van der Waals surface area contributed by atoms with E-state index in [0.717, 1.165) is 19.6 Å². The maximum atomic E-state index is 13.8. The molecule has 5 rings (SSSR count). The maximum absolute atomic E-state index is 13.8. The van der Waals surface area contributed by atoms with Crippen molar-refractivity contribution < 1.29 is 19.0 Å². The third-order valence-electron chi connectivity index (χ3n) is 6.15. The molecule has 0 spiro atoms. The summed E-state index contributed by atoms with van der Waals surface area (Å²) in [4.78, 5) is 32.8. The number of hydrogen-bond acceptors (Lipinski definition) is 8. The van der Waals surface area contributed by atoms with Crippen LogP contribution in [-0.2, 0) is 16.1 Å². The van der Waals surface area contributed by atoms with Gasteiger partial charge in [-0.3, -0.25) is 9.36 Å². The van der Waals surface area contributed by atoms with E-state index in [1.165, 1.54) is 22.7 Å². The molecule has 11 heteroatoms. The zero-order valence-corrected chi connectivity index (χ0v) is 26.3. The van der Waals surface area contributed by atoms with E-state index in [-0.39, 0.29) is 12.2 Å². The first kappa shape index (κ1) is 28.6. The van der Waals surface area contributed by atoms with Crippen LogP contribution in [0.15, 0.2) is 75.0 Å². The quantitative estimate of drug-likeness (QED) is 0.174. The van der Waals surface area contributed by atoms with Crippen molar-refractivity contribution in [3.63, 3.8) is 0 Å². The molecule has 0 bridgehead atoms. The Morgan fingerprint density at radius 3 is 2.75 bits per heavy atom. The highest BCUT2D eigenvalue weighted by molar-refractivity contribution is 14.1. The SMILES string of the molecule is CCOC(=O)C1=C(C)N=c2s/c(=C\c3cc(I)c(OCc4cccc(Cl)c4)c(OC)c3)c(=O)n2[C@H]1c1cccs1. The van der Waals surface area contributed by atoms with Gasteiger partial charge in [0.05, 0.1) is 33.1 Å². The minimum absolute atomic E-state index is 0.230. The highest BCUT2D eigenvalue weighted by Gasteiger charge is 2.33. The van der Waals surface area contributed by atoms with Crippen LogP contribution in [0.5, 0.6) is 11.5 Å². The van der Waals surface area contributed by atoms with Crippen molar-refractivity contribution in [2.45, 2.75) is 26.5 Å². The molecule has 7 nitrogen and oxygen atoms in total. The number of carbonyl (C=O) groups excluding carboxylic acids is 1. The van der Waals surface area contributed by atoms with Gasteiger partial charge >= 0.3 is 5.97 Å². The summed E-state index contributed by atoms with van der Waals surface area (Å²) < 4.78 is 20.0. The molecule has 2 aromatic carbocycles. The van der Waals surface area contributed by atoms with Crippen molar-refractivity contribution >= 4 is 68.9 Å². The summed E-state index contributed by atoms with van der Waals surface area (Å²) in [6.45, 7) is 4.10. The van der Waals surface area contributed by atoms with Gasteiger partial charge in [-0.2, -0.15) is 0 Å². The average Bonchev–Trinajstić information content (AvgIpc) is 3.55. The van der Waals surface area contributed by atoms with E-state index in [9.17, 15) is 9.59 Å². The zero-order valence-electron chi connectivity index (χ0n) is 21.8. The average molecular weight is 707 g/mol. The number of aromatic nitrogens is 1. The summed E-state index contributed by atoms with van der Waals surface area (Å²) in [5, 5.41) is 2.57. The lowest BCUT2D eigenvalue weighted by Gasteiger charge is -2.23. The minimum Gasteiger partial charge on any atom is -0.493 e. The number of thiazole rings is 1. The molecule has 0 aliphatic carbocycles. The van der Waals surface area contributed by atoms with Crippen molar-refractivity contribution in [2.24, 2.45) is 4.99 Å². The lowest BCUT2D eigenvalue weighted by Crippen LogP contribution is -2.39. The standard InChI is InChI=1S/C29H24ClIN2O5S2/c1-4-37-28(35)24-16(2)32-29-33(25(24)22-9-6-10-39-22)27(34)23(40-29)14-18-12-20(31)26(21(13-18)36-3)38-15-17-7-5-8-19(30)11-17/h5-14,25H,4,15H2,1-3H3/b23-14-/t25-/m0/s1. The van der Waals surface area contributed by atoms with Crippen LogP contribution in [0.1, 0.15) is 35.9 Å². The van der Waals surface area contributed by atoms with E-state index >= 15 is 0 Å². The second-order valence-corrected chi connectivity index (χ2v) is 12.4. The molecule has 0 amide bonds. The van der Waals surface area contributed by atoms with E-state index in [1.807, 2.05) is 60.0 Å². The molecule has 0 saturated carbocycles. The number of thiophene rings is 1. The third-order valence-corrected chi connectivity index (χ3v) is 9.10. The number of fused-ring (bicyclic) bond motifs is 1. The Balaban J connectivity index is 1.55. The molecule has 0 radical (unpaired) electrons. The van der Waals surface area contributed by atoms with Crippen LogP contribution in [0.2, 0.25) is 5.02 Å². The lowest BCUT2D eigenvalue weighted by atomic mass is 10.0. The largest absolute Gasteiger partial charge is 0.493 e. The first-order chi connectivity index (χ1) is 19.3. The number of ether oxygens (including phenoxy) is 3. The van der Waals surface area contributed by atoms with Crippen molar-refractivity contribution in [1.29, 1.82) is 0 Å². The Morgan fingerprint density at radius 2 is 2.05 bits per heavy atom. The summed E-state index contributed by atoms with van der Waals surface area (Å²) in [5.41, 5.74) is 2.40. The predicted molar refractivity (Wildman–Crippen MR) is 166 cm³/mol. The van der Waals surface area contributed by atoms with Crippen LogP contribution in [-0.4, -0.2) is 24.3 Å². The number of carbonyl (C=O) groups is 1.